The van der Waals surface area contributed by atoms with E-state index in [0.717, 1.165) is 37.3 Å². The number of anilines is 1. The summed E-state index contributed by atoms with van der Waals surface area (Å²) in [5.74, 6) is -1.63. The molecule has 0 unspecified atom stereocenters. The van der Waals surface area contributed by atoms with Crippen LogP contribution in [0.1, 0.15) is 25.7 Å². The van der Waals surface area contributed by atoms with E-state index >= 15 is 0 Å². The number of quaternary nitrogens is 1. The van der Waals surface area contributed by atoms with Crippen LogP contribution < -0.4 is 15.3 Å². The van der Waals surface area contributed by atoms with Crippen molar-refractivity contribution in [2.75, 3.05) is 18.4 Å². The predicted molar refractivity (Wildman–Crippen MR) is 83.1 cm³/mol. The van der Waals surface area contributed by atoms with Crippen molar-refractivity contribution in [3.05, 3.63) is 28.2 Å². The number of hydrogen-bond donors (Lipinski definition) is 2. The lowest BCUT2D eigenvalue weighted by Gasteiger charge is -2.31. The molecule has 5 nitrogen and oxygen atoms in total. The van der Waals surface area contributed by atoms with Gasteiger partial charge in [-0.15, -0.1) is 0 Å². The number of carboxylic acids is 1. The van der Waals surface area contributed by atoms with Crippen LogP contribution in [0.3, 0.4) is 0 Å². The molecule has 0 spiro atoms. The van der Waals surface area contributed by atoms with Crippen LogP contribution >= 0.6 is 23.2 Å². The van der Waals surface area contributed by atoms with Gasteiger partial charge in [0.2, 0.25) is 5.91 Å². The zero-order chi connectivity index (χ0) is 16.1. The van der Waals surface area contributed by atoms with E-state index in [2.05, 4.69) is 5.32 Å². The van der Waals surface area contributed by atoms with Crippen LogP contribution in [0.5, 0.6) is 0 Å². The van der Waals surface area contributed by atoms with Crippen LogP contribution in [0, 0.1) is 0 Å². The highest BCUT2D eigenvalue weighted by molar-refractivity contribution is 6.39. The molecule has 1 fully saturated rings. The van der Waals surface area contributed by atoms with Gasteiger partial charge in [0.1, 0.15) is 6.04 Å². The topological polar surface area (TPSA) is 73.7 Å². The Morgan fingerprint density at radius 3 is 2.32 bits per heavy atom. The number of carbonyl (C=O) groups excluding carboxylic acids is 2. The fourth-order valence-corrected chi connectivity index (χ4v) is 3.23. The van der Waals surface area contributed by atoms with Crippen molar-refractivity contribution in [3.8, 4) is 0 Å². The zero-order valence-electron chi connectivity index (χ0n) is 12.0. The second-order valence-corrected chi connectivity index (χ2v) is 6.25. The van der Waals surface area contributed by atoms with Gasteiger partial charge >= 0.3 is 0 Å². The van der Waals surface area contributed by atoms with Gasteiger partial charge in [0, 0.05) is 0 Å². The maximum absolute atomic E-state index is 12.1. The Morgan fingerprint density at radius 1 is 1.18 bits per heavy atom. The molecular formula is C15H18Cl2N2O3. The fraction of sp³-hybridized carbons (Fsp3) is 0.467. The molecule has 0 saturated carbocycles. The number of nitrogens with one attached hydrogen (secondary N) is 2. The van der Waals surface area contributed by atoms with Gasteiger partial charge in [0.25, 0.3) is 0 Å². The van der Waals surface area contributed by atoms with E-state index in [1.165, 1.54) is 0 Å². The summed E-state index contributed by atoms with van der Waals surface area (Å²) in [7, 11) is 0. The predicted octanol–water partition coefficient (Wildman–Crippen LogP) is 0.509. The maximum atomic E-state index is 12.1. The molecule has 1 aromatic carbocycles. The van der Waals surface area contributed by atoms with Crippen LogP contribution in [0.15, 0.2) is 18.2 Å². The summed E-state index contributed by atoms with van der Waals surface area (Å²) in [4.78, 5) is 24.4. The van der Waals surface area contributed by atoms with Gasteiger partial charge < -0.3 is 20.1 Å². The molecule has 22 heavy (non-hydrogen) atoms. The molecule has 7 heteroatoms. The van der Waals surface area contributed by atoms with Gasteiger partial charge in [-0.3, -0.25) is 4.79 Å². The zero-order valence-corrected chi connectivity index (χ0v) is 13.5. The Labute approximate surface area is 139 Å². The van der Waals surface area contributed by atoms with Crippen molar-refractivity contribution in [3.63, 3.8) is 0 Å². The number of halogens is 2. The van der Waals surface area contributed by atoms with Crippen molar-refractivity contribution in [1.29, 1.82) is 0 Å². The molecule has 2 rings (SSSR count). The first-order chi connectivity index (χ1) is 10.5. The highest BCUT2D eigenvalue weighted by atomic mass is 35.5. The smallest absolute Gasteiger partial charge is 0.230 e. The molecule has 2 N–H and O–H groups in total. The van der Waals surface area contributed by atoms with Crippen LogP contribution in [-0.4, -0.2) is 31.0 Å². The number of aliphatic carboxylic acids is 1. The van der Waals surface area contributed by atoms with Crippen LogP contribution in [0.2, 0.25) is 10.0 Å². The number of para-hydroxylation sites is 1. The highest BCUT2D eigenvalue weighted by Gasteiger charge is 2.28. The van der Waals surface area contributed by atoms with Crippen molar-refractivity contribution in [2.45, 2.75) is 31.7 Å². The summed E-state index contributed by atoms with van der Waals surface area (Å²) in [6, 6.07) is 4.04. The average Bonchev–Trinajstić information content (AvgIpc) is 2.49. The minimum atomic E-state index is -1.20. The molecule has 1 aliphatic heterocycles. The lowest BCUT2D eigenvalue weighted by atomic mass is 10.1. The molecule has 0 aromatic heterocycles. The van der Waals surface area contributed by atoms with E-state index in [0.29, 0.717) is 15.7 Å². The molecule has 1 atom stereocenters. The number of benzene rings is 1. The second-order valence-electron chi connectivity index (χ2n) is 5.44. The molecular weight excluding hydrogens is 327 g/mol. The lowest BCUT2D eigenvalue weighted by Crippen LogP contribution is -3.18. The number of amides is 1. The van der Waals surface area contributed by atoms with E-state index in [1.54, 1.807) is 18.2 Å². The first-order valence-corrected chi connectivity index (χ1v) is 8.04. The summed E-state index contributed by atoms with van der Waals surface area (Å²) < 4.78 is 0. The molecule has 1 aliphatic rings. The molecule has 120 valence electrons. The summed E-state index contributed by atoms with van der Waals surface area (Å²) >= 11 is 12.0. The largest absolute Gasteiger partial charge is 0.544 e. The van der Waals surface area contributed by atoms with E-state index < -0.39 is 17.9 Å². The second kappa shape index (κ2) is 7.81. The monoisotopic (exact) mass is 344 g/mol. The van der Waals surface area contributed by atoms with Gasteiger partial charge in [-0.25, -0.2) is 0 Å². The number of carboxylic acid groups (broad SMARTS) is 1. The number of rotatable bonds is 5. The van der Waals surface area contributed by atoms with E-state index in [4.69, 9.17) is 23.2 Å². The van der Waals surface area contributed by atoms with Gasteiger partial charge in [-0.2, -0.15) is 0 Å². The molecule has 1 aromatic rings. The van der Waals surface area contributed by atoms with Crippen LogP contribution in [0.25, 0.3) is 0 Å². The Morgan fingerprint density at radius 2 is 1.77 bits per heavy atom. The first kappa shape index (κ1) is 17.1. The number of piperidine rings is 1. The summed E-state index contributed by atoms with van der Waals surface area (Å²) in [5.41, 5.74) is 0.307. The van der Waals surface area contributed by atoms with Crippen molar-refractivity contribution >= 4 is 40.8 Å². The van der Waals surface area contributed by atoms with Gasteiger partial charge in [0.15, 0.2) is 0 Å². The van der Waals surface area contributed by atoms with E-state index in [9.17, 15) is 14.7 Å². The highest BCUT2D eigenvalue weighted by Crippen LogP contribution is 2.29. The van der Waals surface area contributed by atoms with E-state index in [-0.39, 0.29) is 6.42 Å². The maximum Gasteiger partial charge on any atom is 0.230 e. The number of hydrogen-bond acceptors (Lipinski definition) is 3. The summed E-state index contributed by atoms with van der Waals surface area (Å²) in [6.07, 6.45) is 2.89. The SMILES string of the molecule is O=C(C[C@@H](C(=O)[O-])[NH+]1CCCCC1)Nc1c(Cl)cccc1Cl. The third-order valence-electron chi connectivity index (χ3n) is 3.89. The van der Waals surface area contributed by atoms with Crippen molar-refractivity contribution in [2.24, 2.45) is 0 Å². The van der Waals surface area contributed by atoms with E-state index in [1.807, 2.05) is 0 Å². The summed E-state index contributed by atoms with van der Waals surface area (Å²) in [5, 5.41) is 14.6. The van der Waals surface area contributed by atoms with Crippen molar-refractivity contribution < 1.29 is 19.6 Å². The normalized spacial score (nSPS) is 17.0. The summed E-state index contributed by atoms with van der Waals surface area (Å²) in [6.45, 7) is 1.50. The van der Waals surface area contributed by atoms with Crippen LogP contribution in [-0.2, 0) is 9.59 Å². The molecule has 0 aliphatic carbocycles. The van der Waals surface area contributed by atoms with Crippen molar-refractivity contribution in [1.82, 2.24) is 0 Å². The van der Waals surface area contributed by atoms with Crippen LogP contribution in [0.4, 0.5) is 5.69 Å². The third kappa shape index (κ3) is 4.35. The minimum absolute atomic E-state index is 0.154. The Kier molecular flexibility index (Phi) is 6.06. The standard InChI is InChI=1S/C15H18Cl2N2O3/c16-10-5-4-6-11(17)14(10)18-13(20)9-12(15(21)22)19-7-2-1-3-8-19/h4-6,12H,1-3,7-9H2,(H,18,20)(H,21,22)/t12-/m0/s1. The molecule has 0 bridgehead atoms. The first-order valence-electron chi connectivity index (χ1n) is 7.28. The van der Waals surface area contributed by atoms with Gasteiger partial charge in [0.05, 0.1) is 41.2 Å². The molecule has 1 heterocycles. The Bertz CT molecular complexity index is 539. The Balaban J connectivity index is 2.03. The molecule has 1 amide bonds. The molecule has 0 radical (unpaired) electrons. The Hall–Kier alpha value is -1.30. The van der Waals surface area contributed by atoms with Gasteiger partial charge in [-0.1, -0.05) is 29.3 Å². The third-order valence-corrected chi connectivity index (χ3v) is 4.52. The minimum Gasteiger partial charge on any atom is -0.544 e. The number of likely N-dealkylation sites (tertiary alicyclic amines) is 1. The molecule has 1 saturated heterocycles. The number of carbonyl (C=O) groups is 2. The van der Waals surface area contributed by atoms with Gasteiger partial charge in [-0.05, 0) is 31.4 Å². The average molecular weight is 345 g/mol. The quantitative estimate of drug-likeness (QED) is 0.817. The fourth-order valence-electron chi connectivity index (χ4n) is 2.74. The lowest BCUT2D eigenvalue weighted by molar-refractivity contribution is -0.922.